The van der Waals surface area contributed by atoms with Gasteiger partial charge in [0.2, 0.25) is 0 Å². The molecule has 6 nitrogen and oxygen atoms in total. The first-order chi connectivity index (χ1) is 8.50. The lowest BCUT2D eigenvalue weighted by molar-refractivity contribution is 0.0936. The molecule has 1 saturated heterocycles. The molecule has 2 heterocycles. The number of hydrogen-bond acceptors (Lipinski definition) is 4. The first kappa shape index (κ1) is 13.1. The van der Waals surface area contributed by atoms with Crippen LogP contribution in [-0.2, 0) is 16.3 Å². The van der Waals surface area contributed by atoms with Gasteiger partial charge in [0.1, 0.15) is 5.69 Å². The van der Waals surface area contributed by atoms with E-state index in [1.165, 1.54) is 0 Å². The highest BCUT2D eigenvalue weighted by molar-refractivity contribution is 7.91. The van der Waals surface area contributed by atoms with Crippen molar-refractivity contribution >= 4 is 15.7 Å². The van der Waals surface area contributed by atoms with Gasteiger partial charge < -0.3 is 5.32 Å². The third-order valence-corrected chi connectivity index (χ3v) is 4.72. The lowest BCUT2D eigenvalue weighted by Crippen LogP contribution is -2.35. The van der Waals surface area contributed by atoms with E-state index in [0.717, 1.165) is 18.5 Å². The van der Waals surface area contributed by atoms with Gasteiger partial charge in [-0.1, -0.05) is 13.3 Å². The molecule has 7 heteroatoms. The summed E-state index contributed by atoms with van der Waals surface area (Å²) < 4.78 is 22.6. The second-order valence-electron chi connectivity index (χ2n) is 4.60. The fourth-order valence-corrected chi connectivity index (χ4v) is 3.72. The number of sulfone groups is 1. The summed E-state index contributed by atoms with van der Waals surface area (Å²) in [6.45, 7) is 2.05. The maximum atomic E-state index is 11.8. The molecule has 0 aliphatic carbocycles. The Labute approximate surface area is 106 Å². The Hall–Kier alpha value is -1.37. The molecule has 1 aliphatic rings. The van der Waals surface area contributed by atoms with Crippen LogP contribution in [0.2, 0.25) is 0 Å². The van der Waals surface area contributed by atoms with E-state index in [9.17, 15) is 13.2 Å². The monoisotopic (exact) mass is 271 g/mol. The van der Waals surface area contributed by atoms with Crippen molar-refractivity contribution in [2.45, 2.75) is 32.2 Å². The molecule has 0 aromatic carbocycles. The molecule has 0 radical (unpaired) electrons. The summed E-state index contributed by atoms with van der Waals surface area (Å²) in [5, 5.41) is 9.43. The van der Waals surface area contributed by atoms with Crippen LogP contribution < -0.4 is 5.32 Å². The van der Waals surface area contributed by atoms with Crippen molar-refractivity contribution in [3.05, 3.63) is 17.5 Å². The second kappa shape index (κ2) is 5.09. The normalized spacial score (nSPS) is 21.9. The number of nitrogens with zero attached hydrogens (tertiary/aromatic N) is 1. The largest absolute Gasteiger partial charge is 0.347 e. The van der Waals surface area contributed by atoms with E-state index in [0.29, 0.717) is 12.1 Å². The van der Waals surface area contributed by atoms with Gasteiger partial charge in [0.15, 0.2) is 9.84 Å². The molecule has 1 aromatic heterocycles. The molecule has 2 rings (SSSR count). The Balaban J connectivity index is 1.95. The van der Waals surface area contributed by atoms with Crippen LogP contribution in [0, 0.1) is 0 Å². The number of carbonyl (C=O) groups excluding carboxylic acids is 1. The van der Waals surface area contributed by atoms with Crippen molar-refractivity contribution in [3.8, 4) is 0 Å². The summed E-state index contributed by atoms with van der Waals surface area (Å²) in [7, 11) is -2.97. The van der Waals surface area contributed by atoms with Crippen LogP contribution in [0.4, 0.5) is 0 Å². The molecule has 1 amide bonds. The van der Waals surface area contributed by atoms with Crippen molar-refractivity contribution in [2.75, 3.05) is 11.5 Å². The summed E-state index contributed by atoms with van der Waals surface area (Å²) >= 11 is 0. The standard InChI is InChI=1S/C11H17N3O3S/c1-2-3-8-6-10(14-13-8)11(15)12-9-4-5-18(16,17)7-9/h6,9H,2-5,7H2,1H3,(H,12,15)(H,13,14). The maximum Gasteiger partial charge on any atom is 0.272 e. The lowest BCUT2D eigenvalue weighted by atomic mass is 10.2. The van der Waals surface area contributed by atoms with Crippen molar-refractivity contribution in [1.29, 1.82) is 0 Å². The number of hydrogen-bond donors (Lipinski definition) is 2. The van der Waals surface area contributed by atoms with Crippen LogP contribution in [0.15, 0.2) is 6.07 Å². The van der Waals surface area contributed by atoms with Crippen LogP contribution in [0.1, 0.15) is 35.9 Å². The minimum Gasteiger partial charge on any atom is -0.347 e. The number of aromatic amines is 1. The Bertz CT molecular complexity index is 535. The summed E-state index contributed by atoms with van der Waals surface area (Å²) in [4.78, 5) is 11.8. The van der Waals surface area contributed by atoms with E-state index in [-0.39, 0.29) is 23.5 Å². The Morgan fingerprint density at radius 1 is 1.61 bits per heavy atom. The average molecular weight is 271 g/mol. The van der Waals surface area contributed by atoms with Gasteiger partial charge in [0.25, 0.3) is 5.91 Å². The molecule has 18 heavy (non-hydrogen) atoms. The molecule has 1 unspecified atom stereocenters. The number of carbonyl (C=O) groups is 1. The van der Waals surface area contributed by atoms with Crippen LogP contribution in [0.5, 0.6) is 0 Å². The quantitative estimate of drug-likeness (QED) is 0.822. The molecule has 0 bridgehead atoms. The first-order valence-corrected chi connectivity index (χ1v) is 7.88. The average Bonchev–Trinajstić information content (AvgIpc) is 2.86. The zero-order valence-electron chi connectivity index (χ0n) is 10.3. The SMILES string of the molecule is CCCc1cc(C(=O)NC2CCS(=O)(=O)C2)n[nH]1. The van der Waals surface area contributed by atoms with E-state index in [4.69, 9.17) is 0 Å². The van der Waals surface area contributed by atoms with Crippen LogP contribution in [0.25, 0.3) is 0 Å². The lowest BCUT2D eigenvalue weighted by Gasteiger charge is -2.08. The van der Waals surface area contributed by atoms with E-state index >= 15 is 0 Å². The molecule has 1 fully saturated rings. The number of rotatable bonds is 4. The van der Waals surface area contributed by atoms with Crippen LogP contribution in [-0.4, -0.2) is 42.1 Å². The summed E-state index contributed by atoms with van der Waals surface area (Å²) in [6.07, 6.45) is 2.31. The fourth-order valence-electron chi connectivity index (χ4n) is 2.04. The molecule has 1 aliphatic heterocycles. The molecule has 1 atom stereocenters. The highest BCUT2D eigenvalue weighted by Gasteiger charge is 2.29. The summed E-state index contributed by atoms with van der Waals surface area (Å²) in [5.74, 6) is -0.124. The topological polar surface area (TPSA) is 91.9 Å². The molecular formula is C11H17N3O3S. The summed E-state index contributed by atoms with van der Waals surface area (Å²) in [6, 6.07) is 1.43. The van der Waals surface area contributed by atoms with E-state index in [1.807, 2.05) is 6.92 Å². The van der Waals surface area contributed by atoms with Gasteiger partial charge >= 0.3 is 0 Å². The van der Waals surface area contributed by atoms with Crippen molar-refractivity contribution in [1.82, 2.24) is 15.5 Å². The third-order valence-electron chi connectivity index (χ3n) is 2.95. The highest BCUT2D eigenvalue weighted by atomic mass is 32.2. The first-order valence-electron chi connectivity index (χ1n) is 6.06. The van der Waals surface area contributed by atoms with Crippen LogP contribution in [0.3, 0.4) is 0 Å². The van der Waals surface area contributed by atoms with Crippen molar-refractivity contribution < 1.29 is 13.2 Å². The minimum absolute atomic E-state index is 0.0327. The maximum absolute atomic E-state index is 11.8. The number of aryl methyl sites for hydroxylation is 1. The zero-order chi connectivity index (χ0) is 13.2. The van der Waals surface area contributed by atoms with Gasteiger partial charge in [-0.3, -0.25) is 9.89 Å². The molecule has 2 N–H and O–H groups in total. The fraction of sp³-hybridized carbons (Fsp3) is 0.636. The zero-order valence-corrected chi connectivity index (χ0v) is 11.1. The number of nitrogens with one attached hydrogen (secondary N) is 2. The Morgan fingerprint density at radius 3 is 3.00 bits per heavy atom. The predicted octanol–water partition coefficient (Wildman–Crippen LogP) is 0.279. The molecular weight excluding hydrogens is 254 g/mol. The van der Waals surface area contributed by atoms with Crippen molar-refractivity contribution in [2.24, 2.45) is 0 Å². The van der Waals surface area contributed by atoms with Gasteiger partial charge in [0, 0.05) is 11.7 Å². The predicted molar refractivity (Wildman–Crippen MR) is 67.1 cm³/mol. The number of H-pyrrole nitrogens is 1. The minimum atomic E-state index is -2.97. The van der Waals surface area contributed by atoms with Crippen molar-refractivity contribution in [3.63, 3.8) is 0 Å². The number of aromatic nitrogens is 2. The summed E-state index contributed by atoms with van der Waals surface area (Å²) in [5.41, 5.74) is 1.24. The molecule has 0 spiro atoms. The second-order valence-corrected chi connectivity index (χ2v) is 6.83. The van der Waals surface area contributed by atoms with Gasteiger partial charge in [-0.05, 0) is 18.9 Å². The third kappa shape index (κ3) is 3.10. The molecule has 1 aromatic rings. The van der Waals surface area contributed by atoms with E-state index in [2.05, 4.69) is 15.5 Å². The number of amides is 1. The molecule has 100 valence electrons. The van der Waals surface area contributed by atoms with Gasteiger partial charge in [-0.2, -0.15) is 5.10 Å². The smallest absolute Gasteiger partial charge is 0.272 e. The highest BCUT2D eigenvalue weighted by Crippen LogP contribution is 2.12. The Kier molecular flexibility index (Phi) is 3.70. The van der Waals surface area contributed by atoms with Crippen LogP contribution >= 0.6 is 0 Å². The van der Waals surface area contributed by atoms with Gasteiger partial charge in [-0.15, -0.1) is 0 Å². The Morgan fingerprint density at radius 2 is 2.39 bits per heavy atom. The molecule has 0 saturated carbocycles. The van der Waals surface area contributed by atoms with E-state index in [1.54, 1.807) is 6.07 Å². The van der Waals surface area contributed by atoms with Gasteiger partial charge in [0.05, 0.1) is 11.5 Å². The van der Waals surface area contributed by atoms with Gasteiger partial charge in [-0.25, -0.2) is 8.42 Å². The van der Waals surface area contributed by atoms with E-state index < -0.39 is 9.84 Å².